The Balaban J connectivity index is 2.55. The van der Waals surface area contributed by atoms with Crippen molar-refractivity contribution in [3.8, 4) is 5.75 Å². The highest BCUT2D eigenvalue weighted by Gasteiger charge is 2.19. The zero-order valence-corrected chi connectivity index (χ0v) is 12.6. The standard InChI is InChI=1S/C17H17ClO2/c1-4-20-14-10-9-12(3)15(16(14)18)17(19)13-8-6-5-7-11(13)2/h5-10H,4H2,1-3H3. The van der Waals surface area contributed by atoms with Crippen molar-refractivity contribution in [3.05, 3.63) is 63.7 Å². The predicted octanol–water partition coefficient (Wildman–Crippen LogP) is 4.59. The molecule has 0 radical (unpaired) electrons. The van der Waals surface area contributed by atoms with E-state index in [1.54, 1.807) is 6.07 Å². The topological polar surface area (TPSA) is 26.3 Å². The fraction of sp³-hybridized carbons (Fsp3) is 0.235. The normalized spacial score (nSPS) is 10.4. The zero-order valence-electron chi connectivity index (χ0n) is 11.9. The molecule has 0 aromatic heterocycles. The maximum absolute atomic E-state index is 12.7. The van der Waals surface area contributed by atoms with Crippen molar-refractivity contribution in [1.82, 2.24) is 0 Å². The summed E-state index contributed by atoms with van der Waals surface area (Å²) in [6, 6.07) is 11.2. The third kappa shape index (κ3) is 2.70. The van der Waals surface area contributed by atoms with Gasteiger partial charge < -0.3 is 4.74 Å². The van der Waals surface area contributed by atoms with Crippen molar-refractivity contribution in [1.29, 1.82) is 0 Å². The van der Waals surface area contributed by atoms with Crippen LogP contribution >= 0.6 is 11.6 Å². The van der Waals surface area contributed by atoms with Gasteiger partial charge in [-0.15, -0.1) is 0 Å². The Morgan fingerprint density at radius 1 is 1.10 bits per heavy atom. The molecule has 104 valence electrons. The van der Waals surface area contributed by atoms with Gasteiger partial charge in [0.2, 0.25) is 0 Å². The second kappa shape index (κ2) is 6.10. The number of halogens is 1. The molecule has 0 aliphatic carbocycles. The number of hydrogen-bond acceptors (Lipinski definition) is 2. The highest BCUT2D eigenvalue weighted by atomic mass is 35.5. The molecule has 3 heteroatoms. The number of rotatable bonds is 4. The molecule has 2 rings (SSSR count). The Bertz CT molecular complexity index is 647. The van der Waals surface area contributed by atoms with Gasteiger partial charge in [-0.05, 0) is 38.0 Å². The maximum Gasteiger partial charge on any atom is 0.195 e. The first-order valence-corrected chi connectivity index (χ1v) is 6.96. The molecule has 0 saturated heterocycles. The summed E-state index contributed by atoms with van der Waals surface area (Å²) < 4.78 is 5.46. The van der Waals surface area contributed by atoms with Crippen LogP contribution in [-0.4, -0.2) is 12.4 Å². The number of hydrogen-bond donors (Lipinski definition) is 0. The van der Waals surface area contributed by atoms with Crippen LogP contribution in [0.2, 0.25) is 5.02 Å². The first kappa shape index (κ1) is 14.6. The molecule has 2 nitrogen and oxygen atoms in total. The van der Waals surface area contributed by atoms with E-state index in [9.17, 15) is 4.79 Å². The van der Waals surface area contributed by atoms with E-state index in [2.05, 4.69) is 0 Å². The Labute approximate surface area is 124 Å². The number of carbonyl (C=O) groups excluding carboxylic acids is 1. The van der Waals surface area contributed by atoms with Gasteiger partial charge in [0.15, 0.2) is 5.78 Å². The molecule has 0 heterocycles. The van der Waals surface area contributed by atoms with E-state index in [0.29, 0.717) is 28.5 Å². The summed E-state index contributed by atoms with van der Waals surface area (Å²) in [6.07, 6.45) is 0. The van der Waals surface area contributed by atoms with Crippen molar-refractivity contribution < 1.29 is 9.53 Å². The molecule has 0 aliphatic heterocycles. The first-order chi connectivity index (χ1) is 9.56. The number of benzene rings is 2. The van der Waals surface area contributed by atoms with E-state index >= 15 is 0 Å². The highest BCUT2D eigenvalue weighted by Crippen LogP contribution is 2.32. The Kier molecular flexibility index (Phi) is 4.46. The average molecular weight is 289 g/mol. The third-order valence-electron chi connectivity index (χ3n) is 3.23. The fourth-order valence-electron chi connectivity index (χ4n) is 2.16. The van der Waals surface area contributed by atoms with Crippen molar-refractivity contribution in [2.75, 3.05) is 6.61 Å². The molecule has 2 aromatic rings. The largest absolute Gasteiger partial charge is 0.492 e. The van der Waals surface area contributed by atoms with Crippen molar-refractivity contribution in [2.45, 2.75) is 20.8 Å². The quantitative estimate of drug-likeness (QED) is 0.769. The molecule has 0 fully saturated rings. The summed E-state index contributed by atoms with van der Waals surface area (Å²) in [5.41, 5.74) is 2.99. The molecular weight excluding hydrogens is 272 g/mol. The van der Waals surface area contributed by atoms with Crippen LogP contribution < -0.4 is 4.74 Å². The number of ether oxygens (including phenoxy) is 1. The lowest BCUT2D eigenvalue weighted by molar-refractivity contribution is 0.103. The van der Waals surface area contributed by atoms with Crippen LogP contribution in [0.25, 0.3) is 0 Å². The zero-order chi connectivity index (χ0) is 14.7. The molecule has 0 amide bonds. The molecule has 0 N–H and O–H groups in total. The monoisotopic (exact) mass is 288 g/mol. The van der Waals surface area contributed by atoms with E-state index in [1.165, 1.54) is 0 Å². The minimum atomic E-state index is -0.0628. The third-order valence-corrected chi connectivity index (χ3v) is 3.61. The van der Waals surface area contributed by atoms with E-state index < -0.39 is 0 Å². The Morgan fingerprint density at radius 3 is 2.45 bits per heavy atom. The van der Waals surface area contributed by atoms with Crippen LogP contribution in [0.15, 0.2) is 36.4 Å². The van der Waals surface area contributed by atoms with Gasteiger partial charge in [-0.1, -0.05) is 41.9 Å². The van der Waals surface area contributed by atoms with Crippen LogP contribution in [0.4, 0.5) is 0 Å². The predicted molar refractivity (Wildman–Crippen MR) is 82.0 cm³/mol. The Hall–Kier alpha value is -1.80. The SMILES string of the molecule is CCOc1ccc(C)c(C(=O)c2ccccc2C)c1Cl. The molecular formula is C17H17ClO2. The fourth-order valence-corrected chi connectivity index (χ4v) is 2.51. The highest BCUT2D eigenvalue weighted by molar-refractivity contribution is 6.36. The second-order valence-corrected chi connectivity index (χ2v) is 5.02. The van der Waals surface area contributed by atoms with Gasteiger partial charge in [0.25, 0.3) is 0 Å². The molecule has 2 aromatic carbocycles. The number of aryl methyl sites for hydroxylation is 2. The molecule has 0 saturated carbocycles. The molecule has 0 spiro atoms. The van der Waals surface area contributed by atoms with Gasteiger partial charge in [-0.3, -0.25) is 4.79 Å². The lowest BCUT2D eigenvalue weighted by atomic mass is 9.96. The van der Waals surface area contributed by atoms with Gasteiger partial charge in [0.1, 0.15) is 5.75 Å². The molecule has 20 heavy (non-hydrogen) atoms. The van der Waals surface area contributed by atoms with Crippen LogP contribution in [0, 0.1) is 13.8 Å². The van der Waals surface area contributed by atoms with Gasteiger partial charge in [-0.25, -0.2) is 0 Å². The van der Waals surface area contributed by atoms with Gasteiger partial charge in [0.05, 0.1) is 11.6 Å². The van der Waals surface area contributed by atoms with E-state index in [0.717, 1.165) is 11.1 Å². The smallest absolute Gasteiger partial charge is 0.195 e. The Morgan fingerprint density at radius 2 is 1.80 bits per heavy atom. The summed E-state index contributed by atoms with van der Waals surface area (Å²) in [7, 11) is 0. The first-order valence-electron chi connectivity index (χ1n) is 6.58. The summed E-state index contributed by atoms with van der Waals surface area (Å²) >= 11 is 6.34. The van der Waals surface area contributed by atoms with Gasteiger partial charge in [0, 0.05) is 11.1 Å². The van der Waals surface area contributed by atoms with Crippen molar-refractivity contribution in [3.63, 3.8) is 0 Å². The van der Waals surface area contributed by atoms with E-state index in [1.807, 2.05) is 51.1 Å². The van der Waals surface area contributed by atoms with E-state index in [-0.39, 0.29) is 5.78 Å². The van der Waals surface area contributed by atoms with Gasteiger partial charge in [-0.2, -0.15) is 0 Å². The average Bonchev–Trinajstić information content (AvgIpc) is 2.42. The molecule has 0 aliphatic rings. The van der Waals surface area contributed by atoms with Crippen LogP contribution in [0.5, 0.6) is 5.75 Å². The molecule has 0 unspecified atom stereocenters. The summed E-state index contributed by atoms with van der Waals surface area (Å²) in [5.74, 6) is 0.490. The molecule has 0 atom stereocenters. The lowest BCUT2D eigenvalue weighted by Crippen LogP contribution is -2.08. The van der Waals surface area contributed by atoms with Gasteiger partial charge >= 0.3 is 0 Å². The summed E-state index contributed by atoms with van der Waals surface area (Å²) in [5, 5.41) is 0.389. The summed E-state index contributed by atoms with van der Waals surface area (Å²) in [4.78, 5) is 12.7. The number of ketones is 1. The molecule has 0 bridgehead atoms. The van der Waals surface area contributed by atoms with E-state index in [4.69, 9.17) is 16.3 Å². The summed E-state index contributed by atoms with van der Waals surface area (Å²) in [6.45, 7) is 6.20. The number of carbonyl (C=O) groups is 1. The van der Waals surface area contributed by atoms with Crippen LogP contribution in [-0.2, 0) is 0 Å². The van der Waals surface area contributed by atoms with Crippen LogP contribution in [0.1, 0.15) is 34.0 Å². The van der Waals surface area contributed by atoms with Crippen molar-refractivity contribution >= 4 is 17.4 Å². The minimum absolute atomic E-state index is 0.0628. The second-order valence-electron chi connectivity index (χ2n) is 4.65. The lowest BCUT2D eigenvalue weighted by Gasteiger charge is -2.13. The van der Waals surface area contributed by atoms with Crippen molar-refractivity contribution in [2.24, 2.45) is 0 Å². The maximum atomic E-state index is 12.7. The van der Waals surface area contributed by atoms with Crippen LogP contribution in [0.3, 0.4) is 0 Å². The minimum Gasteiger partial charge on any atom is -0.492 e.